The highest BCUT2D eigenvalue weighted by Crippen LogP contribution is 2.13. The van der Waals surface area contributed by atoms with Crippen molar-refractivity contribution < 1.29 is 9.53 Å². The van der Waals surface area contributed by atoms with Crippen molar-refractivity contribution in [3.05, 3.63) is 0 Å². The minimum atomic E-state index is 0.197. The first-order valence-corrected chi connectivity index (χ1v) is 4.59. The number of carbonyl (C=O) groups is 1. The molecule has 0 bridgehead atoms. The monoisotopic (exact) mass is 171 g/mol. The lowest BCUT2D eigenvalue weighted by Gasteiger charge is -2.09. The number of amides is 1. The Balaban J connectivity index is 2.10. The number of hydrogen-bond donors (Lipinski definition) is 1. The molecular weight excluding hydrogens is 154 g/mol. The lowest BCUT2D eigenvalue weighted by Crippen LogP contribution is -2.20. The zero-order valence-electron chi connectivity index (χ0n) is 7.80. The van der Waals surface area contributed by atoms with Crippen molar-refractivity contribution in [2.75, 3.05) is 13.2 Å². The van der Waals surface area contributed by atoms with Crippen LogP contribution in [0.1, 0.15) is 26.7 Å². The molecule has 1 N–H and O–H groups in total. The van der Waals surface area contributed by atoms with E-state index in [0.717, 1.165) is 19.4 Å². The van der Waals surface area contributed by atoms with Crippen LogP contribution in [0.3, 0.4) is 0 Å². The van der Waals surface area contributed by atoms with Gasteiger partial charge in [-0.15, -0.1) is 0 Å². The molecule has 1 unspecified atom stereocenters. The first-order valence-electron chi connectivity index (χ1n) is 4.59. The van der Waals surface area contributed by atoms with Gasteiger partial charge in [-0.2, -0.15) is 0 Å². The number of rotatable bonds is 4. The van der Waals surface area contributed by atoms with Gasteiger partial charge in [0.1, 0.15) is 0 Å². The van der Waals surface area contributed by atoms with Gasteiger partial charge in [0, 0.05) is 19.1 Å². The highest BCUT2D eigenvalue weighted by Gasteiger charge is 2.23. The molecule has 1 aliphatic heterocycles. The van der Waals surface area contributed by atoms with Crippen LogP contribution in [-0.4, -0.2) is 25.2 Å². The molecule has 0 aromatic heterocycles. The van der Waals surface area contributed by atoms with Gasteiger partial charge < -0.3 is 10.1 Å². The first kappa shape index (κ1) is 9.52. The summed E-state index contributed by atoms with van der Waals surface area (Å²) in [5.74, 6) is 0.395. The van der Waals surface area contributed by atoms with Gasteiger partial charge in [-0.3, -0.25) is 4.79 Å². The highest BCUT2D eigenvalue weighted by atomic mass is 16.5. The van der Waals surface area contributed by atoms with Crippen molar-refractivity contribution in [3.8, 4) is 0 Å². The average Bonchev–Trinajstić information content (AvgIpc) is 2.36. The quantitative estimate of drug-likeness (QED) is 0.683. The molecule has 1 heterocycles. The van der Waals surface area contributed by atoms with Crippen molar-refractivity contribution in [1.29, 1.82) is 0 Å². The first-order chi connectivity index (χ1) is 5.70. The van der Waals surface area contributed by atoms with Crippen LogP contribution in [0.5, 0.6) is 0 Å². The van der Waals surface area contributed by atoms with Crippen molar-refractivity contribution in [1.82, 2.24) is 5.32 Å². The molecule has 1 fully saturated rings. The fraction of sp³-hybridized carbons (Fsp3) is 0.889. The zero-order chi connectivity index (χ0) is 8.97. The smallest absolute Gasteiger partial charge is 0.223 e. The van der Waals surface area contributed by atoms with Crippen LogP contribution < -0.4 is 5.32 Å². The normalized spacial score (nSPS) is 23.2. The molecule has 1 atom stereocenters. The Morgan fingerprint density at radius 3 is 2.92 bits per heavy atom. The maximum atomic E-state index is 11.1. The van der Waals surface area contributed by atoms with Crippen LogP contribution in [0.25, 0.3) is 0 Å². The Kier molecular flexibility index (Phi) is 3.53. The topological polar surface area (TPSA) is 38.3 Å². The molecular formula is C9H17NO2. The number of ether oxygens (including phenoxy) is 1. The van der Waals surface area contributed by atoms with E-state index in [4.69, 9.17) is 4.74 Å². The van der Waals surface area contributed by atoms with Crippen molar-refractivity contribution in [2.45, 2.75) is 32.8 Å². The molecule has 3 heteroatoms. The molecule has 0 spiro atoms. The van der Waals surface area contributed by atoms with Gasteiger partial charge in [0.2, 0.25) is 5.91 Å². The predicted octanol–water partition coefficient (Wildman–Crippen LogP) is 0.938. The van der Waals surface area contributed by atoms with Gasteiger partial charge in [0.15, 0.2) is 0 Å². The summed E-state index contributed by atoms with van der Waals surface area (Å²) in [7, 11) is 0. The Morgan fingerprint density at radius 2 is 2.42 bits per heavy atom. The molecule has 0 aromatic rings. The van der Waals surface area contributed by atoms with Gasteiger partial charge in [-0.25, -0.2) is 0 Å². The van der Waals surface area contributed by atoms with Crippen molar-refractivity contribution in [2.24, 2.45) is 5.92 Å². The third kappa shape index (κ3) is 2.81. The van der Waals surface area contributed by atoms with Crippen molar-refractivity contribution >= 4 is 5.91 Å². The minimum absolute atomic E-state index is 0.197. The third-order valence-corrected chi connectivity index (χ3v) is 2.08. The van der Waals surface area contributed by atoms with E-state index in [9.17, 15) is 4.79 Å². The second-order valence-electron chi connectivity index (χ2n) is 3.48. The number of hydrogen-bond acceptors (Lipinski definition) is 2. The Morgan fingerprint density at radius 1 is 1.67 bits per heavy atom. The summed E-state index contributed by atoms with van der Waals surface area (Å²) >= 11 is 0. The molecule has 3 nitrogen and oxygen atoms in total. The Bertz CT molecular complexity index is 157. The fourth-order valence-corrected chi connectivity index (χ4v) is 1.37. The fourth-order valence-electron chi connectivity index (χ4n) is 1.37. The minimum Gasteiger partial charge on any atom is -0.379 e. The van der Waals surface area contributed by atoms with Gasteiger partial charge >= 0.3 is 0 Å². The summed E-state index contributed by atoms with van der Waals surface area (Å²) in [6.07, 6.45) is 2.11. The molecule has 12 heavy (non-hydrogen) atoms. The van der Waals surface area contributed by atoms with E-state index >= 15 is 0 Å². The van der Waals surface area contributed by atoms with Crippen LogP contribution in [-0.2, 0) is 9.53 Å². The SMILES string of the molecule is CC(C)OCCC1CCNC1=O. The lowest BCUT2D eigenvalue weighted by molar-refractivity contribution is -0.123. The lowest BCUT2D eigenvalue weighted by atomic mass is 10.1. The maximum Gasteiger partial charge on any atom is 0.223 e. The molecule has 70 valence electrons. The predicted molar refractivity (Wildman–Crippen MR) is 46.8 cm³/mol. The van der Waals surface area contributed by atoms with E-state index < -0.39 is 0 Å². The third-order valence-electron chi connectivity index (χ3n) is 2.08. The second kappa shape index (κ2) is 4.45. The van der Waals surface area contributed by atoms with Crippen LogP contribution >= 0.6 is 0 Å². The average molecular weight is 171 g/mol. The molecule has 0 radical (unpaired) electrons. The molecule has 0 saturated carbocycles. The summed E-state index contributed by atoms with van der Waals surface area (Å²) in [4.78, 5) is 11.1. The molecule has 1 amide bonds. The van der Waals surface area contributed by atoms with E-state index in [0.29, 0.717) is 6.61 Å². The van der Waals surface area contributed by atoms with E-state index in [2.05, 4.69) is 5.32 Å². The van der Waals surface area contributed by atoms with Gasteiger partial charge in [-0.05, 0) is 26.7 Å². The Labute approximate surface area is 73.5 Å². The van der Waals surface area contributed by atoms with Crippen LogP contribution in [0, 0.1) is 5.92 Å². The van der Waals surface area contributed by atoms with Gasteiger partial charge in [0.05, 0.1) is 6.10 Å². The maximum absolute atomic E-state index is 11.1. The van der Waals surface area contributed by atoms with Gasteiger partial charge in [0.25, 0.3) is 0 Å². The number of carbonyl (C=O) groups excluding carboxylic acids is 1. The highest BCUT2D eigenvalue weighted by molar-refractivity contribution is 5.80. The summed E-state index contributed by atoms with van der Waals surface area (Å²) in [6.45, 7) is 5.56. The summed E-state index contributed by atoms with van der Waals surface area (Å²) in [5.41, 5.74) is 0. The van der Waals surface area contributed by atoms with E-state index in [1.54, 1.807) is 0 Å². The zero-order valence-corrected chi connectivity index (χ0v) is 7.80. The largest absolute Gasteiger partial charge is 0.379 e. The summed E-state index contributed by atoms with van der Waals surface area (Å²) < 4.78 is 5.37. The van der Waals surface area contributed by atoms with E-state index in [1.807, 2.05) is 13.8 Å². The second-order valence-corrected chi connectivity index (χ2v) is 3.48. The van der Waals surface area contributed by atoms with E-state index in [1.165, 1.54) is 0 Å². The van der Waals surface area contributed by atoms with Gasteiger partial charge in [-0.1, -0.05) is 0 Å². The van der Waals surface area contributed by atoms with E-state index in [-0.39, 0.29) is 17.9 Å². The van der Waals surface area contributed by atoms with Crippen molar-refractivity contribution in [3.63, 3.8) is 0 Å². The van der Waals surface area contributed by atoms with Crippen LogP contribution in [0.2, 0.25) is 0 Å². The number of nitrogens with one attached hydrogen (secondary N) is 1. The van der Waals surface area contributed by atoms with Crippen LogP contribution in [0.4, 0.5) is 0 Å². The molecule has 1 aliphatic rings. The van der Waals surface area contributed by atoms with Crippen LogP contribution in [0.15, 0.2) is 0 Å². The molecule has 0 aromatic carbocycles. The molecule has 1 rings (SSSR count). The molecule has 1 saturated heterocycles. The standard InChI is InChI=1S/C9H17NO2/c1-7(2)12-6-4-8-3-5-10-9(8)11/h7-8H,3-6H2,1-2H3,(H,10,11). The molecule has 0 aliphatic carbocycles. The Hall–Kier alpha value is -0.570. The summed E-state index contributed by atoms with van der Waals surface area (Å²) in [5, 5.41) is 2.81. The summed E-state index contributed by atoms with van der Waals surface area (Å²) in [6, 6.07) is 0.